The van der Waals surface area contributed by atoms with Gasteiger partial charge in [0.2, 0.25) is 0 Å². The van der Waals surface area contributed by atoms with Gasteiger partial charge in [-0.05, 0) is 56.9 Å². The minimum absolute atomic E-state index is 0.152. The zero-order valence-corrected chi connectivity index (χ0v) is 13.8. The first-order chi connectivity index (χ1) is 9.78. The number of rotatable bonds is 7. The van der Waals surface area contributed by atoms with Crippen molar-refractivity contribution >= 4 is 0 Å². The maximum absolute atomic E-state index is 6.54. The molecule has 2 nitrogen and oxygen atoms in total. The quantitative estimate of drug-likeness (QED) is 0.740. The van der Waals surface area contributed by atoms with Gasteiger partial charge in [0, 0.05) is 6.54 Å². The second kappa shape index (κ2) is 8.38. The molecule has 2 aliphatic rings. The smallest absolute Gasteiger partial charge is 0.0806 e. The van der Waals surface area contributed by atoms with E-state index in [-0.39, 0.29) is 5.60 Å². The summed E-state index contributed by atoms with van der Waals surface area (Å²) in [7, 11) is 0. The molecule has 118 valence electrons. The molecule has 0 radical (unpaired) electrons. The predicted molar refractivity (Wildman–Crippen MR) is 86.1 cm³/mol. The number of likely N-dealkylation sites (N-methyl/N-ethyl adjacent to an activating group) is 1. The van der Waals surface area contributed by atoms with Gasteiger partial charge in [0.05, 0.1) is 12.2 Å². The second-order valence-electron chi connectivity index (χ2n) is 7.13. The molecule has 0 aromatic carbocycles. The van der Waals surface area contributed by atoms with Gasteiger partial charge in [0.1, 0.15) is 0 Å². The van der Waals surface area contributed by atoms with E-state index in [0.29, 0.717) is 0 Å². The SMILES string of the molecule is CCNCC1(OCC2CCCCC2)CCC(CC)CC1. The summed E-state index contributed by atoms with van der Waals surface area (Å²) in [6.07, 6.45) is 13.7. The molecule has 1 N–H and O–H groups in total. The lowest BCUT2D eigenvalue weighted by atomic mass is 9.77. The lowest BCUT2D eigenvalue weighted by molar-refractivity contribution is -0.0917. The molecule has 0 aliphatic heterocycles. The van der Waals surface area contributed by atoms with Crippen LogP contribution in [0.3, 0.4) is 0 Å². The van der Waals surface area contributed by atoms with Crippen molar-refractivity contribution in [3.05, 3.63) is 0 Å². The minimum atomic E-state index is 0.152. The van der Waals surface area contributed by atoms with Crippen molar-refractivity contribution in [2.75, 3.05) is 19.7 Å². The maximum Gasteiger partial charge on any atom is 0.0806 e. The Morgan fingerprint density at radius 2 is 1.65 bits per heavy atom. The summed E-state index contributed by atoms with van der Waals surface area (Å²) in [5, 5.41) is 3.55. The van der Waals surface area contributed by atoms with Crippen LogP contribution in [0, 0.1) is 11.8 Å². The zero-order chi connectivity index (χ0) is 14.3. The van der Waals surface area contributed by atoms with Crippen molar-refractivity contribution in [1.29, 1.82) is 0 Å². The maximum atomic E-state index is 6.54. The fourth-order valence-corrected chi connectivity index (χ4v) is 3.99. The first kappa shape index (κ1) is 16.3. The molecule has 2 rings (SSSR count). The summed E-state index contributed by atoms with van der Waals surface area (Å²) >= 11 is 0. The lowest BCUT2D eigenvalue weighted by Gasteiger charge is -2.41. The third-order valence-electron chi connectivity index (χ3n) is 5.64. The average Bonchev–Trinajstić information content (AvgIpc) is 2.53. The first-order valence-corrected chi connectivity index (χ1v) is 9.12. The highest BCUT2D eigenvalue weighted by Gasteiger charge is 2.36. The molecular formula is C18H35NO. The van der Waals surface area contributed by atoms with E-state index in [9.17, 15) is 0 Å². The molecule has 2 heteroatoms. The molecule has 0 aromatic heterocycles. The molecule has 0 bridgehead atoms. The standard InChI is InChI=1S/C18H35NO/c1-3-16-10-12-18(13-11-16,15-19-4-2)20-14-17-8-6-5-7-9-17/h16-17,19H,3-15H2,1-2H3. The Hall–Kier alpha value is -0.0800. The number of hydrogen-bond acceptors (Lipinski definition) is 2. The Bertz CT molecular complexity index is 252. The molecule has 0 saturated heterocycles. The molecule has 0 heterocycles. The summed E-state index contributed by atoms with van der Waals surface area (Å²) in [5.41, 5.74) is 0.152. The largest absolute Gasteiger partial charge is 0.373 e. The van der Waals surface area contributed by atoms with Crippen molar-refractivity contribution in [3.8, 4) is 0 Å². The normalized spacial score (nSPS) is 32.4. The van der Waals surface area contributed by atoms with Crippen LogP contribution in [0.5, 0.6) is 0 Å². The van der Waals surface area contributed by atoms with Crippen LogP contribution in [0.1, 0.15) is 78.1 Å². The van der Waals surface area contributed by atoms with Gasteiger partial charge in [0.15, 0.2) is 0 Å². The second-order valence-corrected chi connectivity index (χ2v) is 7.13. The Morgan fingerprint density at radius 1 is 0.950 bits per heavy atom. The van der Waals surface area contributed by atoms with Crippen molar-refractivity contribution in [2.24, 2.45) is 11.8 Å². The summed E-state index contributed by atoms with van der Waals surface area (Å²) in [4.78, 5) is 0. The number of hydrogen-bond donors (Lipinski definition) is 1. The molecule has 0 atom stereocenters. The topological polar surface area (TPSA) is 21.3 Å². The van der Waals surface area contributed by atoms with Gasteiger partial charge in [-0.15, -0.1) is 0 Å². The molecule has 0 amide bonds. The average molecular weight is 281 g/mol. The molecule has 0 unspecified atom stereocenters. The van der Waals surface area contributed by atoms with Crippen molar-refractivity contribution in [3.63, 3.8) is 0 Å². The van der Waals surface area contributed by atoms with Crippen molar-refractivity contribution in [1.82, 2.24) is 5.32 Å². The van der Waals surface area contributed by atoms with Crippen LogP contribution in [0.2, 0.25) is 0 Å². The highest BCUT2D eigenvalue weighted by Crippen LogP contribution is 2.37. The van der Waals surface area contributed by atoms with Crippen molar-refractivity contribution in [2.45, 2.75) is 83.7 Å². The molecule has 0 aromatic rings. The van der Waals surface area contributed by atoms with Gasteiger partial charge in [-0.2, -0.15) is 0 Å². The first-order valence-electron chi connectivity index (χ1n) is 9.12. The van der Waals surface area contributed by atoms with E-state index in [4.69, 9.17) is 4.74 Å². The molecule has 20 heavy (non-hydrogen) atoms. The summed E-state index contributed by atoms with van der Waals surface area (Å²) in [5.74, 6) is 1.79. The van der Waals surface area contributed by atoms with Crippen molar-refractivity contribution < 1.29 is 4.74 Å². The molecule has 2 saturated carbocycles. The van der Waals surface area contributed by atoms with Gasteiger partial charge < -0.3 is 10.1 Å². The van der Waals surface area contributed by atoms with E-state index < -0.39 is 0 Å². The Kier molecular flexibility index (Phi) is 6.83. The third-order valence-corrected chi connectivity index (χ3v) is 5.64. The summed E-state index contributed by atoms with van der Waals surface area (Å²) in [6, 6.07) is 0. The fraction of sp³-hybridized carbons (Fsp3) is 1.00. The Morgan fingerprint density at radius 3 is 2.25 bits per heavy atom. The van der Waals surface area contributed by atoms with Crippen LogP contribution < -0.4 is 5.32 Å². The molecule has 2 fully saturated rings. The monoisotopic (exact) mass is 281 g/mol. The number of ether oxygens (including phenoxy) is 1. The number of nitrogens with one attached hydrogen (secondary N) is 1. The van der Waals surface area contributed by atoms with E-state index in [1.165, 1.54) is 64.2 Å². The third kappa shape index (κ3) is 4.73. The summed E-state index contributed by atoms with van der Waals surface area (Å²) in [6.45, 7) is 7.68. The van der Waals surface area contributed by atoms with Gasteiger partial charge in [-0.1, -0.05) is 39.5 Å². The minimum Gasteiger partial charge on any atom is -0.373 e. The van der Waals surface area contributed by atoms with E-state index in [0.717, 1.165) is 31.5 Å². The molecule has 0 spiro atoms. The van der Waals surface area contributed by atoms with Crippen LogP contribution >= 0.6 is 0 Å². The van der Waals surface area contributed by atoms with Crippen LogP contribution in [0.25, 0.3) is 0 Å². The Balaban J connectivity index is 1.82. The van der Waals surface area contributed by atoms with E-state index in [1.54, 1.807) is 0 Å². The highest BCUT2D eigenvalue weighted by molar-refractivity contribution is 4.89. The predicted octanol–water partition coefficient (Wildman–Crippen LogP) is 4.53. The van der Waals surface area contributed by atoms with E-state index >= 15 is 0 Å². The summed E-state index contributed by atoms with van der Waals surface area (Å²) < 4.78 is 6.54. The van der Waals surface area contributed by atoms with Gasteiger partial charge in [0.25, 0.3) is 0 Å². The van der Waals surface area contributed by atoms with Crippen LogP contribution in [0.15, 0.2) is 0 Å². The molecular weight excluding hydrogens is 246 g/mol. The van der Waals surface area contributed by atoms with Gasteiger partial charge in [-0.3, -0.25) is 0 Å². The molecule has 2 aliphatic carbocycles. The van der Waals surface area contributed by atoms with Crippen LogP contribution in [-0.2, 0) is 4.74 Å². The van der Waals surface area contributed by atoms with E-state index in [1.807, 2.05) is 0 Å². The van der Waals surface area contributed by atoms with Crippen LogP contribution in [-0.4, -0.2) is 25.3 Å². The van der Waals surface area contributed by atoms with Crippen LogP contribution in [0.4, 0.5) is 0 Å². The van der Waals surface area contributed by atoms with E-state index in [2.05, 4.69) is 19.2 Å². The fourth-order valence-electron chi connectivity index (χ4n) is 3.99. The highest BCUT2D eigenvalue weighted by atomic mass is 16.5. The Labute approximate surface area is 126 Å². The van der Waals surface area contributed by atoms with Gasteiger partial charge >= 0.3 is 0 Å². The lowest BCUT2D eigenvalue weighted by Crippen LogP contribution is -2.46. The van der Waals surface area contributed by atoms with Gasteiger partial charge in [-0.25, -0.2) is 0 Å². The zero-order valence-electron chi connectivity index (χ0n) is 13.8.